The van der Waals surface area contributed by atoms with E-state index >= 15 is 0 Å². The first kappa shape index (κ1) is 22.5. The fourth-order valence-corrected chi connectivity index (χ4v) is 4.27. The molecule has 0 aliphatic carbocycles. The fraction of sp³-hybridized carbons (Fsp3) is 0.318. The monoisotopic (exact) mass is 490 g/mol. The Morgan fingerprint density at radius 3 is 2.57 bits per heavy atom. The second-order valence-corrected chi connectivity index (χ2v) is 9.22. The van der Waals surface area contributed by atoms with Crippen molar-refractivity contribution in [3.8, 4) is 11.4 Å². The highest BCUT2D eigenvalue weighted by molar-refractivity contribution is 9.10. The van der Waals surface area contributed by atoms with E-state index in [1.807, 2.05) is 28.8 Å². The first-order valence-electron chi connectivity index (χ1n) is 9.65. The summed E-state index contributed by atoms with van der Waals surface area (Å²) in [5, 5.41) is 9.09. The lowest BCUT2D eigenvalue weighted by Crippen LogP contribution is -2.28. The van der Waals surface area contributed by atoms with Gasteiger partial charge in [-0.15, -0.1) is 10.2 Å². The molecule has 30 heavy (non-hydrogen) atoms. The van der Waals surface area contributed by atoms with Crippen molar-refractivity contribution in [2.24, 2.45) is 5.92 Å². The Morgan fingerprint density at radius 2 is 1.87 bits per heavy atom. The average molecular weight is 491 g/mol. The summed E-state index contributed by atoms with van der Waals surface area (Å²) in [7, 11) is 1.78. The van der Waals surface area contributed by atoms with Gasteiger partial charge in [0.1, 0.15) is 5.82 Å². The molecule has 1 amide bonds. The van der Waals surface area contributed by atoms with E-state index in [1.165, 1.54) is 17.8 Å². The zero-order valence-electron chi connectivity index (χ0n) is 17.2. The molecule has 0 atom stereocenters. The maximum absolute atomic E-state index is 14.3. The maximum Gasteiger partial charge on any atom is 0.233 e. The number of hydrogen-bond acceptors (Lipinski definition) is 4. The second-order valence-electron chi connectivity index (χ2n) is 7.42. The van der Waals surface area contributed by atoms with Crippen molar-refractivity contribution in [2.75, 3.05) is 12.8 Å². The molecule has 2 aromatic carbocycles. The standard InChI is InChI=1S/C22H24BrFN4OS/c1-15(2)12-28-21(17-9-5-7-11-19(17)24)25-26-22(28)30-14-20(29)27(3)13-16-8-4-6-10-18(16)23/h4-11,15H,12-14H2,1-3H3. The van der Waals surface area contributed by atoms with Gasteiger partial charge in [-0.05, 0) is 29.7 Å². The number of amides is 1. The van der Waals surface area contributed by atoms with Gasteiger partial charge in [0.15, 0.2) is 11.0 Å². The molecule has 0 aliphatic heterocycles. The van der Waals surface area contributed by atoms with E-state index in [2.05, 4.69) is 40.0 Å². The van der Waals surface area contributed by atoms with E-state index in [0.717, 1.165) is 10.0 Å². The number of carbonyl (C=O) groups excluding carboxylic acids is 1. The van der Waals surface area contributed by atoms with Crippen LogP contribution in [0.15, 0.2) is 58.2 Å². The summed E-state index contributed by atoms with van der Waals surface area (Å²) in [6.45, 7) is 5.31. The van der Waals surface area contributed by atoms with Crippen LogP contribution in [0.1, 0.15) is 19.4 Å². The Hall–Kier alpha value is -2.19. The smallest absolute Gasteiger partial charge is 0.233 e. The molecule has 3 rings (SSSR count). The van der Waals surface area contributed by atoms with Crippen LogP contribution in [0.25, 0.3) is 11.4 Å². The normalized spacial score (nSPS) is 11.1. The van der Waals surface area contributed by atoms with Crippen LogP contribution < -0.4 is 0 Å². The molecule has 0 radical (unpaired) electrons. The zero-order chi connectivity index (χ0) is 21.7. The highest BCUT2D eigenvalue weighted by Crippen LogP contribution is 2.27. The maximum atomic E-state index is 14.3. The Balaban J connectivity index is 1.74. The first-order chi connectivity index (χ1) is 14.4. The summed E-state index contributed by atoms with van der Waals surface area (Å²) in [5.41, 5.74) is 1.46. The van der Waals surface area contributed by atoms with Gasteiger partial charge in [0, 0.05) is 24.6 Å². The molecule has 1 heterocycles. The SMILES string of the molecule is CC(C)Cn1c(SCC(=O)N(C)Cc2ccccc2Br)nnc1-c1ccccc1F. The minimum Gasteiger partial charge on any atom is -0.341 e. The molecule has 0 N–H and O–H groups in total. The lowest BCUT2D eigenvalue weighted by Gasteiger charge is -2.18. The molecule has 8 heteroatoms. The van der Waals surface area contributed by atoms with Crippen molar-refractivity contribution in [2.45, 2.75) is 32.1 Å². The van der Waals surface area contributed by atoms with Crippen LogP contribution in [0.5, 0.6) is 0 Å². The third kappa shape index (κ3) is 5.49. The van der Waals surface area contributed by atoms with Crippen LogP contribution in [-0.4, -0.2) is 38.4 Å². The first-order valence-corrected chi connectivity index (χ1v) is 11.4. The van der Waals surface area contributed by atoms with E-state index in [-0.39, 0.29) is 17.5 Å². The van der Waals surface area contributed by atoms with E-state index in [0.29, 0.717) is 35.6 Å². The van der Waals surface area contributed by atoms with Gasteiger partial charge in [-0.25, -0.2) is 4.39 Å². The van der Waals surface area contributed by atoms with Crippen LogP contribution in [0.4, 0.5) is 4.39 Å². The predicted octanol–water partition coefficient (Wildman–Crippen LogP) is 5.25. The van der Waals surface area contributed by atoms with Crippen molar-refractivity contribution in [1.29, 1.82) is 0 Å². The van der Waals surface area contributed by atoms with Gasteiger partial charge in [0.05, 0.1) is 11.3 Å². The molecule has 0 spiro atoms. The molecule has 0 fully saturated rings. The summed E-state index contributed by atoms with van der Waals surface area (Å²) in [6, 6.07) is 14.4. The summed E-state index contributed by atoms with van der Waals surface area (Å²) in [5.74, 6) is 0.685. The highest BCUT2D eigenvalue weighted by atomic mass is 79.9. The Kier molecular flexibility index (Phi) is 7.66. The summed E-state index contributed by atoms with van der Waals surface area (Å²) in [6.07, 6.45) is 0. The van der Waals surface area contributed by atoms with E-state index in [1.54, 1.807) is 30.1 Å². The number of halogens is 2. The van der Waals surface area contributed by atoms with Crippen LogP contribution in [0, 0.1) is 11.7 Å². The third-order valence-corrected chi connectivity index (χ3v) is 6.22. The molecular weight excluding hydrogens is 467 g/mol. The van der Waals surface area contributed by atoms with Gasteiger partial charge in [0.25, 0.3) is 0 Å². The van der Waals surface area contributed by atoms with Crippen molar-refractivity contribution in [3.05, 3.63) is 64.4 Å². The number of rotatable bonds is 8. The Bertz CT molecular complexity index is 1020. The van der Waals surface area contributed by atoms with Gasteiger partial charge in [0.2, 0.25) is 5.91 Å². The lowest BCUT2D eigenvalue weighted by atomic mass is 10.2. The predicted molar refractivity (Wildman–Crippen MR) is 122 cm³/mol. The topological polar surface area (TPSA) is 51.0 Å². The van der Waals surface area contributed by atoms with Gasteiger partial charge in [-0.2, -0.15) is 0 Å². The molecule has 1 aromatic heterocycles. The van der Waals surface area contributed by atoms with E-state index < -0.39 is 0 Å². The average Bonchev–Trinajstić information content (AvgIpc) is 3.09. The number of thioether (sulfide) groups is 1. The molecule has 0 saturated heterocycles. The molecule has 158 valence electrons. The number of aromatic nitrogens is 3. The van der Waals surface area contributed by atoms with E-state index in [9.17, 15) is 9.18 Å². The number of nitrogens with zero attached hydrogens (tertiary/aromatic N) is 4. The minimum absolute atomic E-state index is 0.0118. The molecule has 0 saturated carbocycles. The van der Waals surface area contributed by atoms with Crippen LogP contribution >= 0.6 is 27.7 Å². The number of benzene rings is 2. The van der Waals surface area contributed by atoms with Crippen LogP contribution in [-0.2, 0) is 17.9 Å². The number of carbonyl (C=O) groups is 1. The van der Waals surface area contributed by atoms with Crippen molar-refractivity contribution in [3.63, 3.8) is 0 Å². The van der Waals surface area contributed by atoms with Crippen LogP contribution in [0.2, 0.25) is 0 Å². The fourth-order valence-electron chi connectivity index (χ4n) is 2.97. The van der Waals surface area contributed by atoms with Crippen molar-refractivity contribution >= 4 is 33.6 Å². The molecule has 5 nitrogen and oxygen atoms in total. The summed E-state index contributed by atoms with van der Waals surface area (Å²) < 4.78 is 17.2. The zero-order valence-corrected chi connectivity index (χ0v) is 19.6. The van der Waals surface area contributed by atoms with Crippen molar-refractivity contribution in [1.82, 2.24) is 19.7 Å². The Labute approximate surface area is 188 Å². The lowest BCUT2D eigenvalue weighted by molar-refractivity contribution is -0.127. The van der Waals surface area contributed by atoms with Gasteiger partial charge in [-0.3, -0.25) is 4.79 Å². The Morgan fingerprint density at radius 1 is 1.17 bits per heavy atom. The van der Waals surface area contributed by atoms with Crippen molar-refractivity contribution < 1.29 is 9.18 Å². The molecule has 0 unspecified atom stereocenters. The van der Waals surface area contributed by atoms with Gasteiger partial charge >= 0.3 is 0 Å². The summed E-state index contributed by atoms with van der Waals surface area (Å²) >= 11 is 4.84. The molecule has 0 bridgehead atoms. The van der Waals surface area contributed by atoms with Gasteiger partial charge < -0.3 is 9.47 Å². The largest absolute Gasteiger partial charge is 0.341 e. The van der Waals surface area contributed by atoms with Crippen LogP contribution in [0.3, 0.4) is 0 Å². The third-order valence-electron chi connectivity index (χ3n) is 4.50. The van der Waals surface area contributed by atoms with E-state index in [4.69, 9.17) is 0 Å². The van der Waals surface area contributed by atoms with Gasteiger partial charge in [-0.1, -0.05) is 71.9 Å². The molecule has 3 aromatic rings. The number of hydrogen-bond donors (Lipinski definition) is 0. The summed E-state index contributed by atoms with van der Waals surface area (Å²) in [4.78, 5) is 14.4. The second kappa shape index (κ2) is 10.2. The molecular formula is C22H24BrFN4OS. The quantitative estimate of drug-likeness (QED) is 0.404. The minimum atomic E-state index is -0.337. The molecule has 0 aliphatic rings. The highest BCUT2D eigenvalue weighted by Gasteiger charge is 2.19.